The van der Waals surface area contributed by atoms with Crippen LogP contribution < -0.4 is 9.64 Å². The van der Waals surface area contributed by atoms with E-state index in [1.54, 1.807) is 54.6 Å². The van der Waals surface area contributed by atoms with Gasteiger partial charge in [0.1, 0.15) is 11.5 Å². The monoisotopic (exact) mass is 413 g/mol. The molecule has 0 aromatic heterocycles. The fourth-order valence-corrected chi connectivity index (χ4v) is 3.90. The van der Waals surface area contributed by atoms with E-state index in [1.807, 2.05) is 24.3 Å². The molecule has 0 radical (unpaired) electrons. The first-order chi connectivity index (χ1) is 15.6. The molecule has 0 unspecified atom stereocenters. The normalized spacial score (nSPS) is 12.4. The van der Waals surface area contributed by atoms with Gasteiger partial charge in [0.25, 0.3) is 11.8 Å². The Hall–Kier alpha value is -4.80. The molecule has 0 fully saturated rings. The molecule has 0 atom stereocenters. The van der Waals surface area contributed by atoms with Gasteiger partial charge in [-0.3, -0.25) is 9.59 Å². The van der Waals surface area contributed by atoms with E-state index in [0.717, 1.165) is 10.3 Å². The Balaban J connectivity index is 1.67. The van der Waals surface area contributed by atoms with Crippen LogP contribution in [0.1, 0.15) is 31.8 Å². The molecule has 4 nitrogen and oxygen atoms in total. The van der Waals surface area contributed by atoms with Gasteiger partial charge in [0.15, 0.2) is 0 Å². The number of benzene rings is 4. The van der Waals surface area contributed by atoms with Gasteiger partial charge in [0.05, 0.1) is 16.8 Å². The molecule has 1 aliphatic rings. The average molecular weight is 413 g/mol. The second-order valence-corrected chi connectivity index (χ2v) is 7.26. The zero-order valence-electron chi connectivity index (χ0n) is 16.8. The number of nitrogens with zero attached hydrogens (tertiary/aromatic N) is 1. The van der Waals surface area contributed by atoms with Gasteiger partial charge in [0, 0.05) is 16.5 Å². The zero-order chi connectivity index (χ0) is 22.2. The lowest BCUT2D eigenvalue weighted by Crippen LogP contribution is -2.29. The molecule has 0 aliphatic carbocycles. The van der Waals surface area contributed by atoms with Crippen molar-refractivity contribution in [2.24, 2.45) is 0 Å². The van der Waals surface area contributed by atoms with Gasteiger partial charge in [0.2, 0.25) is 0 Å². The van der Waals surface area contributed by atoms with E-state index >= 15 is 0 Å². The maximum Gasteiger partial charge on any atom is 0.266 e. The Labute approximate surface area is 185 Å². The van der Waals surface area contributed by atoms with Crippen LogP contribution in [0.4, 0.5) is 5.69 Å². The van der Waals surface area contributed by atoms with Gasteiger partial charge in [-0.05, 0) is 47.9 Å². The Morgan fingerprint density at radius 2 is 1.41 bits per heavy atom. The first kappa shape index (κ1) is 19.2. The summed E-state index contributed by atoms with van der Waals surface area (Å²) in [5.41, 5.74) is 2.32. The van der Waals surface area contributed by atoms with Crippen molar-refractivity contribution in [1.29, 1.82) is 0 Å². The third kappa shape index (κ3) is 2.99. The first-order valence-electron chi connectivity index (χ1n) is 9.86. The van der Waals surface area contributed by atoms with Crippen molar-refractivity contribution < 1.29 is 14.3 Å². The molecular formula is C28H15NO3. The number of rotatable bonds is 3. The number of anilines is 1. The van der Waals surface area contributed by atoms with Crippen LogP contribution in [0.3, 0.4) is 0 Å². The van der Waals surface area contributed by atoms with E-state index in [0.29, 0.717) is 39.3 Å². The maximum absolute atomic E-state index is 13.4. The molecule has 4 aromatic carbocycles. The van der Waals surface area contributed by atoms with Crippen LogP contribution in [0, 0.1) is 24.7 Å². The van der Waals surface area contributed by atoms with Gasteiger partial charge < -0.3 is 4.74 Å². The van der Waals surface area contributed by atoms with Crippen molar-refractivity contribution in [3.8, 4) is 36.2 Å². The molecule has 0 N–H and O–H groups in total. The standard InChI is InChI=1S/C28H15NO3/c1-3-18-9-7-11-20(15-18)29-27(30)24-17-25(32-21-12-8-10-19(4-2)16-21)22-13-5-6-14-23(22)26(24)28(29)31/h1-2,5-17H. The third-order valence-corrected chi connectivity index (χ3v) is 5.36. The van der Waals surface area contributed by atoms with Crippen LogP contribution in [-0.2, 0) is 0 Å². The Morgan fingerprint density at radius 3 is 2.16 bits per heavy atom. The van der Waals surface area contributed by atoms with Crippen molar-refractivity contribution in [3.05, 3.63) is 101 Å². The van der Waals surface area contributed by atoms with E-state index in [9.17, 15) is 9.59 Å². The Kier molecular flexibility index (Phi) is 4.48. The zero-order valence-corrected chi connectivity index (χ0v) is 16.8. The Bertz CT molecular complexity index is 1520. The molecule has 1 heterocycles. The fourth-order valence-electron chi connectivity index (χ4n) is 3.90. The van der Waals surface area contributed by atoms with Gasteiger partial charge in [-0.25, -0.2) is 4.90 Å². The highest BCUT2D eigenvalue weighted by Crippen LogP contribution is 2.39. The highest BCUT2D eigenvalue weighted by atomic mass is 16.5. The number of amides is 2. The molecule has 32 heavy (non-hydrogen) atoms. The number of terminal acetylenes is 2. The minimum absolute atomic E-state index is 0.280. The number of hydrogen-bond acceptors (Lipinski definition) is 3. The predicted octanol–water partition coefficient (Wildman–Crippen LogP) is 5.40. The molecular weight excluding hydrogens is 398 g/mol. The summed E-state index contributed by atoms with van der Waals surface area (Å²) in [6.07, 6.45) is 11.0. The second kappa shape index (κ2) is 7.47. The minimum Gasteiger partial charge on any atom is -0.457 e. The smallest absolute Gasteiger partial charge is 0.266 e. The van der Waals surface area contributed by atoms with Crippen molar-refractivity contribution in [2.45, 2.75) is 0 Å². The summed E-state index contributed by atoms with van der Waals surface area (Å²) in [4.78, 5) is 27.8. The van der Waals surface area contributed by atoms with Crippen molar-refractivity contribution in [3.63, 3.8) is 0 Å². The van der Waals surface area contributed by atoms with Crippen molar-refractivity contribution in [2.75, 3.05) is 4.90 Å². The largest absolute Gasteiger partial charge is 0.457 e. The lowest BCUT2D eigenvalue weighted by atomic mass is 9.99. The summed E-state index contributed by atoms with van der Waals surface area (Å²) in [6.45, 7) is 0. The molecule has 0 spiro atoms. The number of fused-ring (bicyclic) bond motifs is 3. The molecule has 1 aliphatic heterocycles. The van der Waals surface area contributed by atoms with Crippen LogP contribution in [0.5, 0.6) is 11.5 Å². The van der Waals surface area contributed by atoms with Gasteiger partial charge in [-0.1, -0.05) is 48.2 Å². The van der Waals surface area contributed by atoms with Gasteiger partial charge in [-0.15, -0.1) is 12.8 Å². The van der Waals surface area contributed by atoms with Gasteiger partial charge in [-0.2, -0.15) is 0 Å². The Morgan fingerprint density at radius 1 is 0.719 bits per heavy atom. The summed E-state index contributed by atoms with van der Waals surface area (Å²) in [7, 11) is 0. The average Bonchev–Trinajstić information content (AvgIpc) is 3.09. The number of carbonyl (C=O) groups is 2. The van der Waals surface area contributed by atoms with Crippen LogP contribution in [-0.4, -0.2) is 11.8 Å². The summed E-state index contributed by atoms with van der Waals surface area (Å²) >= 11 is 0. The highest BCUT2D eigenvalue weighted by molar-refractivity contribution is 6.38. The van der Waals surface area contributed by atoms with Crippen LogP contribution in [0.2, 0.25) is 0 Å². The van der Waals surface area contributed by atoms with E-state index in [1.165, 1.54) is 0 Å². The summed E-state index contributed by atoms with van der Waals surface area (Å²) in [5.74, 6) is 5.31. The highest BCUT2D eigenvalue weighted by Gasteiger charge is 2.39. The molecule has 150 valence electrons. The molecule has 2 amide bonds. The van der Waals surface area contributed by atoms with Crippen LogP contribution >= 0.6 is 0 Å². The first-order valence-corrected chi connectivity index (χ1v) is 9.86. The molecule has 0 saturated heterocycles. The van der Waals surface area contributed by atoms with Crippen LogP contribution in [0.15, 0.2) is 78.9 Å². The molecule has 5 rings (SSSR count). The van der Waals surface area contributed by atoms with E-state index < -0.39 is 11.8 Å². The fraction of sp³-hybridized carbons (Fsp3) is 0. The lowest BCUT2D eigenvalue weighted by Gasteiger charge is -2.14. The minimum atomic E-state index is -0.424. The SMILES string of the molecule is C#Cc1cccc(Oc2cc3c(c4ccccc24)C(=O)N(c2cccc(C#C)c2)C3=O)c1. The van der Waals surface area contributed by atoms with E-state index in [-0.39, 0.29) is 5.56 Å². The maximum atomic E-state index is 13.4. The van der Waals surface area contributed by atoms with Crippen LogP contribution in [0.25, 0.3) is 10.8 Å². The number of hydrogen-bond donors (Lipinski definition) is 0. The summed E-state index contributed by atoms with van der Waals surface area (Å²) in [5, 5.41) is 1.36. The van der Waals surface area contributed by atoms with E-state index in [2.05, 4.69) is 11.8 Å². The molecule has 0 saturated carbocycles. The number of imide groups is 1. The molecule has 0 bridgehead atoms. The van der Waals surface area contributed by atoms with E-state index in [4.69, 9.17) is 17.6 Å². The third-order valence-electron chi connectivity index (χ3n) is 5.36. The second-order valence-electron chi connectivity index (χ2n) is 7.26. The van der Waals surface area contributed by atoms with Gasteiger partial charge >= 0.3 is 0 Å². The van der Waals surface area contributed by atoms with Crippen molar-refractivity contribution >= 4 is 28.3 Å². The topological polar surface area (TPSA) is 46.6 Å². The molecule has 4 heteroatoms. The predicted molar refractivity (Wildman–Crippen MR) is 124 cm³/mol. The summed E-state index contributed by atoms with van der Waals surface area (Å²) < 4.78 is 6.12. The quantitative estimate of drug-likeness (QED) is 0.334. The number of carbonyl (C=O) groups excluding carboxylic acids is 2. The lowest BCUT2D eigenvalue weighted by molar-refractivity contribution is 0.0926. The number of ether oxygens (including phenoxy) is 1. The molecule has 4 aromatic rings. The summed E-state index contributed by atoms with van der Waals surface area (Å²) in [6, 6.07) is 22.9. The van der Waals surface area contributed by atoms with Crippen molar-refractivity contribution in [1.82, 2.24) is 0 Å².